The van der Waals surface area contributed by atoms with E-state index >= 15 is 0 Å². The van der Waals surface area contributed by atoms with E-state index in [2.05, 4.69) is 13.8 Å². The van der Waals surface area contributed by atoms with Crippen molar-refractivity contribution >= 4 is 5.82 Å². The Bertz CT molecular complexity index is 214. The first kappa shape index (κ1) is 9.17. The highest BCUT2D eigenvalue weighted by Crippen LogP contribution is 2.17. The molecule has 0 fully saturated rings. The molecule has 0 aliphatic rings. The third-order valence-electron chi connectivity index (χ3n) is 2.00. The molecule has 0 N–H and O–H groups in total. The maximum Gasteiger partial charge on any atom is 0.158 e. The number of nitrogens with zero attached hydrogens (tertiary/aromatic N) is 2. The predicted octanol–water partition coefficient (Wildman–Crippen LogP) is 2.55. The van der Waals surface area contributed by atoms with Gasteiger partial charge < -0.3 is 4.57 Å². The maximum atomic E-state index is 9.65. The summed E-state index contributed by atoms with van der Waals surface area (Å²) in [7, 11) is 0. The van der Waals surface area contributed by atoms with Crippen molar-refractivity contribution in [3.63, 3.8) is 0 Å². The van der Waals surface area contributed by atoms with Crippen LogP contribution < -0.4 is 5.73 Å². The van der Waals surface area contributed by atoms with Crippen LogP contribution in [0.2, 0.25) is 0 Å². The second kappa shape index (κ2) is 4.19. The smallest absolute Gasteiger partial charge is 0.158 e. The highest BCUT2D eigenvalue weighted by molar-refractivity contribution is 5.38. The van der Waals surface area contributed by atoms with Crippen molar-refractivity contribution in [1.29, 1.82) is 0 Å². The number of hydrogen-bond acceptors (Lipinski definition) is 0. The van der Waals surface area contributed by atoms with Crippen LogP contribution in [-0.2, 0) is 13.0 Å². The van der Waals surface area contributed by atoms with E-state index in [1.54, 1.807) is 0 Å². The van der Waals surface area contributed by atoms with Crippen molar-refractivity contribution < 1.29 is 0 Å². The lowest BCUT2D eigenvalue weighted by molar-refractivity contribution is 0.682. The molecule has 0 aliphatic heterocycles. The van der Waals surface area contributed by atoms with Crippen molar-refractivity contribution in [3.8, 4) is 0 Å². The van der Waals surface area contributed by atoms with Gasteiger partial charge in [0.25, 0.3) is 0 Å². The summed E-state index contributed by atoms with van der Waals surface area (Å²) in [5, 5.41) is 0. The first-order chi connectivity index (χ1) is 5.79. The van der Waals surface area contributed by atoms with Gasteiger partial charge in [-0.25, -0.2) is 0 Å². The summed E-state index contributed by atoms with van der Waals surface area (Å²) >= 11 is 0. The van der Waals surface area contributed by atoms with E-state index in [0.717, 1.165) is 31.4 Å². The largest absolute Gasteiger partial charge is 0.331 e. The van der Waals surface area contributed by atoms with Crippen LogP contribution >= 0.6 is 0 Å². The molecule has 0 unspecified atom stereocenters. The monoisotopic (exact) mass is 164 g/mol. The number of aromatic nitrogens is 1. The Morgan fingerprint density at radius 3 is 2.67 bits per heavy atom. The molecule has 0 amide bonds. The molecule has 0 spiro atoms. The van der Waals surface area contributed by atoms with E-state index in [1.165, 1.54) is 0 Å². The van der Waals surface area contributed by atoms with Crippen LogP contribution in [0.4, 0.5) is 5.82 Å². The Hall–Kier alpha value is -0.920. The van der Waals surface area contributed by atoms with E-state index in [-0.39, 0.29) is 0 Å². The summed E-state index contributed by atoms with van der Waals surface area (Å²) in [6.07, 6.45) is 5.09. The zero-order valence-corrected chi connectivity index (χ0v) is 7.88. The molecule has 0 aliphatic carbocycles. The molecule has 1 aromatic heterocycles. The van der Waals surface area contributed by atoms with Crippen LogP contribution in [0.5, 0.6) is 0 Å². The molecular weight excluding hydrogens is 148 g/mol. The summed E-state index contributed by atoms with van der Waals surface area (Å²) in [5.74, 6) is 0.457. The summed E-state index contributed by atoms with van der Waals surface area (Å²) < 4.78 is 1.91. The molecule has 0 bridgehead atoms. The topological polar surface area (TPSA) is 27.2 Å². The van der Waals surface area contributed by atoms with Crippen LogP contribution in [0.3, 0.4) is 0 Å². The SMILES string of the molecule is CCCc1ccn(CCC)c1[N]. The predicted molar refractivity (Wildman–Crippen MR) is 50.5 cm³/mol. The van der Waals surface area contributed by atoms with Crippen LogP contribution in [0, 0.1) is 0 Å². The fourth-order valence-corrected chi connectivity index (χ4v) is 1.40. The van der Waals surface area contributed by atoms with Gasteiger partial charge in [0.05, 0.1) is 0 Å². The zero-order valence-electron chi connectivity index (χ0n) is 7.88. The van der Waals surface area contributed by atoms with E-state index in [1.807, 2.05) is 16.8 Å². The average Bonchev–Trinajstić information content (AvgIpc) is 2.38. The molecular formula is C10H16N2. The zero-order chi connectivity index (χ0) is 8.97. The molecule has 2 heteroatoms. The molecule has 0 saturated heterocycles. The number of hydrogen-bond donors (Lipinski definition) is 0. The average molecular weight is 164 g/mol. The highest BCUT2D eigenvalue weighted by Gasteiger charge is 2.04. The Balaban J connectivity index is 2.74. The summed E-state index contributed by atoms with van der Waals surface area (Å²) in [6, 6.07) is 2.01. The molecule has 0 atom stereocenters. The normalized spacial score (nSPS) is 10.5. The first-order valence-corrected chi connectivity index (χ1v) is 4.66. The van der Waals surface area contributed by atoms with Crippen LogP contribution in [0.15, 0.2) is 12.3 Å². The van der Waals surface area contributed by atoms with Gasteiger partial charge in [-0.2, -0.15) is 0 Å². The fourth-order valence-electron chi connectivity index (χ4n) is 1.40. The second-order valence-corrected chi connectivity index (χ2v) is 3.11. The minimum absolute atomic E-state index is 0.457. The van der Waals surface area contributed by atoms with Gasteiger partial charge in [-0.15, -0.1) is 5.73 Å². The third-order valence-corrected chi connectivity index (χ3v) is 2.00. The molecule has 66 valence electrons. The Morgan fingerprint density at radius 1 is 1.33 bits per heavy atom. The van der Waals surface area contributed by atoms with Crippen LogP contribution in [0.1, 0.15) is 32.3 Å². The van der Waals surface area contributed by atoms with E-state index in [9.17, 15) is 5.73 Å². The van der Waals surface area contributed by atoms with Gasteiger partial charge in [0.2, 0.25) is 0 Å². The molecule has 1 aromatic rings. The fraction of sp³-hybridized carbons (Fsp3) is 0.600. The lowest BCUT2D eigenvalue weighted by Gasteiger charge is -2.01. The number of rotatable bonds is 4. The van der Waals surface area contributed by atoms with Gasteiger partial charge in [-0.1, -0.05) is 20.3 Å². The lowest BCUT2D eigenvalue weighted by Crippen LogP contribution is -1.95. The first-order valence-electron chi connectivity index (χ1n) is 4.66. The molecule has 12 heavy (non-hydrogen) atoms. The molecule has 0 aromatic carbocycles. The molecule has 0 saturated carbocycles. The van der Waals surface area contributed by atoms with Crippen molar-refractivity contribution in [2.45, 2.75) is 39.7 Å². The summed E-state index contributed by atoms with van der Waals surface area (Å²) in [6.45, 7) is 5.14. The lowest BCUT2D eigenvalue weighted by atomic mass is 10.2. The summed E-state index contributed by atoms with van der Waals surface area (Å²) in [4.78, 5) is 0. The van der Waals surface area contributed by atoms with E-state index in [4.69, 9.17) is 0 Å². The van der Waals surface area contributed by atoms with Crippen molar-refractivity contribution in [2.24, 2.45) is 0 Å². The highest BCUT2D eigenvalue weighted by atomic mass is 15.0. The molecule has 2 nitrogen and oxygen atoms in total. The molecule has 1 heterocycles. The van der Waals surface area contributed by atoms with Gasteiger partial charge >= 0.3 is 0 Å². The van der Waals surface area contributed by atoms with Crippen molar-refractivity contribution in [1.82, 2.24) is 10.3 Å². The van der Waals surface area contributed by atoms with E-state index < -0.39 is 0 Å². The Morgan fingerprint density at radius 2 is 2.08 bits per heavy atom. The number of aryl methyl sites for hydroxylation is 2. The van der Waals surface area contributed by atoms with Gasteiger partial charge in [0.1, 0.15) is 0 Å². The van der Waals surface area contributed by atoms with Crippen molar-refractivity contribution in [2.75, 3.05) is 0 Å². The summed E-state index contributed by atoms with van der Waals surface area (Å²) in [5.41, 5.74) is 10.7. The van der Waals surface area contributed by atoms with Crippen LogP contribution in [0.25, 0.3) is 0 Å². The Labute approximate surface area is 74.4 Å². The van der Waals surface area contributed by atoms with E-state index in [0.29, 0.717) is 5.82 Å². The van der Waals surface area contributed by atoms with Gasteiger partial charge in [0, 0.05) is 12.7 Å². The van der Waals surface area contributed by atoms with Gasteiger partial charge in [0.15, 0.2) is 5.82 Å². The maximum absolute atomic E-state index is 9.65. The second-order valence-electron chi connectivity index (χ2n) is 3.11. The minimum atomic E-state index is 0.457. The standard InChI is InChI=1S/C10H16N2/c1-3-5-9-6-8-12(7-4-2)10(9)11/h6,8H,3-5,7H2,1-2H3. The third kappa shape index (κ3) is 1.81. The van der Waals surface area contributed by atoms with Crippen molar-refractivity contribution in [3.05, 3.63) is 17.8 Å². The molecule has 1 rings (SSSR count). The minimum Gasteiger partial charge on any atom is -0.331 e. The molecule has 2 radical (unpaired) electrons. The quantitative estimate of drug-likeness (QED) is 0.654. The Kier molecular flexibility index (Phi) is 3.20. The van der Waals surface area contributed by atoms with Gasteiger partial charge in [-0.05, 0) is 24.5 Å². The van der Waals surface area contributed by atoms with Gasteiger partial charge in [-0.3, -0.25) is 0 Å². The van der Waals surface area contributed by atoms with Crippen LogP contribution in [-0.4, -0.2) is 4.57 Å².